The van der Waals surface area contributed by atoms with Gasteiger partial charge in [0.2, 0.25) is 0 Å². The van der Waals surface area contributed by atoms with Crippen molar-refractivity contribution in [3.8, 4) is 0 Å². The second-order valence-electron chi connectivity index (χ2n) is 39.9. The smallest absolute Gasteiger partial charge is 0.410 e. The van der Waals surface area contributed by atoms with E-state index in [9.17, 15) is 39.9 Å². The minimum atomic E-state index is -0.639. The largest absolute Gasteiger partial charge is 0.444 e. The molecule has 17 rings (SSSR count). The number of likely N-dealkylation sites (N-methyl/N-ethyl adjacent to an activating group) is 1. The number of hydrogen-bond donors (Lipinski definition) is 9. The molecule has 137 heavy (non-hydrogen) atoms. The maximum absolute atomic E-state index is 11.8. The summed E-state index contributed by atoms with van der Waals surface area (Å²) in [6, 6.07) is 0.297. The summed E-state index contributed by atoms with van der Waals surface area (Å²) in [7, 11) is 3.62. The summed E-state index contributed by atoms with van der Waals surface area (Å²) in [6.45, 7) is 13.8. The standard InChI is InChI=1S/C12H21NO2.C11H18O2.C10H15NO2.C10H16O3.C10H16O.C9H13NO2.2C9H16O.2C8H14O2.C8H14O.C7H12S.CO2/c1-12(2,3)15-11(14)13-9-7-5-4-6-8-10-13;1-11(2)12-9-7-5-3-4-6-8-10(9)13-11;1-11-8-6-4-2-3-5-7-9(8)13-10(11)12;11-7-10-12-8-5-3-1-2-4-6-9(8)13-10;11-7-10-8-5-3-1-2-4-6-9(8)10;11-9-10-7-5-3-1-2-4-6-8(7)12-9;1-10-9-7-5-3-2-4-6-8-9;1-8-6-4-2-3-5-7-9(8)10;2*9-7-5-3-1-2-4-6-8(7)10;9-8-6-4-2-1-3-5-7-8;1-2-4-6-8-7-5-3-1;2-1-3/h4-5H,6-10H2,1-3H3;3-4,9-10H,5-8H2,1-2H3;4,6,8-9H,2-3,5,7H2,1H3;1-2,8-11H,3-7H2;1-2,8-11H,3-7H2;3,5,7-8H,1-2,4,6H2,(H,10,11);2-3,9H,4-8H2,1H3;4,6,8-10H,2-3,5,7H2,1H3;3,5,7-10H,1-2,4,6H2;1-2,7-10H,3-6H2;1-2,8-9H,3-7H2;1-2H,3-7H2;/b5-4+;4-3+;6-4+;2*2-1+;5-3+;3-2+;6-4+;5-3+;2*2-1+;;/t;;;2*8-,9+,10?;;;;;;;;. The molecule has 9 N–H and O–H groups in total. The number of nitrogens with one attached hydrogen (secondary N) is 1. The third kappa shape index (κ3) is 55.9. The predicted molar refractivity (Wildman–Crippen MR) is 548 cm³/mol. The highest BCUT2D eigenvalue weighted by Gasteiger charge is 2.48. The Bertz CT molecular complexity index is 3450. The highest BCUT2D eigenvalue weighted by atomic mass is 32.2. The lowest BCUT2D eigenvalue weighted by Crippen LogP contribution is -2.38. The molecule has 0 spiro atoms. The van der Waals surface area contributed by atoms with E-state index in [0.29, 0.717) is 49.6 Å². The van der Waals surface area contributed by atoms with Crippen molar-refractivity contribution < 1.29 is 103 Å². The predicted octanol–water partition coefficient (Wildman–Crippen LogP) is 22.4. The number of ether oxygens (including phenoxy) is 8. The number of amides is 3. The zero-order valence-corrected chi connectivity index (χ0v) is 86.1. The van der Waals surface area contributed by atoms with Gasteiger partial charge in [-0.2, -0.15) is 21.4 Å². The van der Waals surface area contributed by atoms with Crippen LogP contribution in [0.2, 0.25) is 0 Å². The number of aliphatic hydroxyl groups excluding tert-OH is 8. The lowest BCUT2D eigenvalue weighted by molar-refractivity contribution is -0.191. The molecule has 780 valence electrons. The fourth-order valence-electron chi connectivity index (χ4n) is 18.7. The van der Waals surface area contributed by atoms with Crippen molar-refractivity contribution in [2.45, 2.75) is 459 Å². The molecule has 0 aromatic rings. The minimum Gasteiger partial charge on any atom is -0.444 e. The van der Waals surface area contributed by atoms with E-state index in [-0.39, 0.29) is 91.8 Å². The molecule has 16 unspecified atom stereocenters. The summed E-state index contributed by atoms with van der Waals surface area (Å²) in [4.78, 5) is 53.6. The Morgan fingerprint density at radius 3 is 1.44 bits per heavy atom. The van der Waals surface area contributed by atoms with E-state index in [2.05, 4.69) is 158 Å². The van der Waals surface area contributed by atoms with Gasteiger partial charge in [-0.05, 0) is 365 Å². The van der Waals surface area contributed by atoms with Gasteiger partial charge in [0, 0.05) is 33.9 Å². The fourth-order valence-corrected chi connectivity index (χ4v) is 19.6. The number of carbonyl (C=O) groups is 3. The van der Waals surface area contributed by atoms with Crippen molar-refractivity contribution in [3.05, 3.63) is 146 Å². The lowest BCUT2D eigenvalue weighted by atomic mass is 9.95. The average molecular weight is 1940 g/mol. The molecule has 17 aliphatic rings. The van der Waals surface area contributed by atoms with Gasteiger partial charge >= 0.3 is 24.4 Å². The Hall–Kier alpha value is -6.10. The normalized spacial score (nSPS) is 34.5. The van der Waals surface area contributed by atoms with Gasteiger partial charge in [0.25, 0.3) is 0 Å². The number of hydrogen-bond acceptors (Lipinski definition) is 22. The Morgan fingerprint density at radius 2 is 0.891 bits per heavy atom. The first-order valence-electron chi connectivity index (χ1n) is 53.1. The van der Waals surface area contributed by atoms with Crippen LogP contribution in [0.4, 0.5) is 14.4 Å². The molecule has 1 saturated carbocycles. The number of fused-ring (bicyclic) bond motifs is 5. The van der Waals surface area contributed by atoms with Crippen LogP contribution in [0.3, 0.4) is 0 Å². The number of aliphatic hydroxyl groups is 8. The number of allylic oxidation sites excluding steroid dienone is 19. The molecule has 4 saturated heterocycles. The zero-order valence-electron chi connectivity index (χ0n) is 85.3. The minimum absolute atomic E-state index is 0.0274. The molecule has 11 aliphatic carbocycles. The highest BCUT2D eigenvalue weighted by molar-refractivity contribution is 7.99. The number of carbonyl (C=O) groups excluding carboxylic acids is 5. The average Bonchev–Trinajstić information content (AvgIpc) is 1.63. The molecule has 0 aromatic carbocycles. The molecule has 0 bridgehead atoms. The number of rotatable bonds is 3. The van der Waals surface area contributed by atoms with E-state index < -0.39 is 30.0 Å². The Morgan fingerprint density at radius 1 is 0.445 bits per heavy atom. The van der Waals surface area contributed by atoms with Crippen LogP contribution in [-0.2, 0) is 47.5 Å². The van der Waals surface area contributed by atoms with Crippen LogP contribution in [0.25, 0.3) is 0 Å². The van der Waals surface area contributed by atoms with Crippen molar-refractivity contribution in [1.82, 2.24) is 15.1 Å². The highest BCUT2D eigenvalue weighted by Crippen LogP contribution is 2.52. The van der Waals surface area contributed by atoms with E-state index in [1.54, 1.807) is 22.9 Å². The topological polar surface area (TPSA) is 340 Å². The maximum atomic E-state index is 11.8. The monoisotopic (exact) mass is 1940 g/mol. The Balaban J connectivity index is 0.000000264. The van der Waals surface area contributed by atoms with Crippen LogP contribution in [0.5, 0.6) is 0 Å². The molecule has 0 radical (unpaired) electrons. The SMILES string of the molecule is C1=CCCSCCC1.CC(C)(C)OC(=O)N1CC/C=C/CCC1.CC1(C)OC2CC/C=C/CCC2O1.CC1/C=C/CCCCC1O.CN1C(=O)OC2CCCC/C=C/C21.COC1CC/C=C/CCC1.O=C1NC2/C=C/CCCCC2O1.O=C=O.OC1/C=C/CCCCC1O.OC1CC/C=C/CCC1.OC1CC/C=C/CCC1O.OCC1O[C@H]2CC/C=C/CC[C@H]2O1.OCC1[C@H]2CC/C=C/CC[C@@H]12. The quantitative estimate of drug-likeness (QED) is 0.0936. The number of nitrogens with zero attached hydrogens (tertiary/aromatic N) is 2. The van der Waals surface area contributed by atoms with E-state index in [1.807, 2.05) is 47.8 Å². The fraction of sp³-hybridized carbons (Fsp3) is 0.750. The van der Waals surface area contributed by atoms with Gasteiger partial charge in [-0.25, -0.2) is 14.4 Å². The lowest BCUT2D eigenvalue weighted by Gasteiger charge is -2.27. The van der Waals surface area contributed by atoms with Crippen molar-refractivity contribution >= 4 is 36.2 Å². The maximum Gasteiger partial charge on any atom is 0.410 e. The van der Waals surface area contributed by atoms with Crippen LogP contribution >= 0.6 is 11.8 Å². The van der Waals surface area contributed by atoms with Crippen molar-refractivity contribution in [1.29, 1.82) is 0 Å². The molecular formula is C112H185N3O21S. The Labute approximate surface area is 829 Å². The van der Waals surface area contributed by atoms with Crippen LogP contribution in [0.1, 0.15) is 350 Å². The third-order valence-electron chi connectivity index (χ3n) is 26.8. The zero-order chi connectivity index (χ0) is 99.4. The molecule has 0 aromatic heterocycles. The summed E-state index contributed by atoms with van der Waals surface area (Å²) in [5, 5.41) is 76.0. The summed E-state index contributed by atoms with van der Waals surface area (Å²) in [6.07, 6.45) is 103. The first kappa shape index (κ1) is 121. The number of thioether (sulfide) groups is 1. The molecule has 5 fully saturated rings. The number of methoxy groups -OCH3 is 1. The molecule has 3 amide bonds. The molecular weight excluding hydrogens is 1760 g/mol. The van der Waals surface area contributed by atoms with Crippen LogP contribution < -0.4 is 5.32 Å². The molecule has 24 nitrogen and oxygen atoms in total. The van der Waals surface area contributed by atoms with Gasteiger partial charge in [0.05, 0.1) is 85.8 Å². The second-order valence-corrected chi connectivity index (χ2v) is 41.1. The van der Waals surface area contributed by atoms with Crippen LogP contribution in [0, 0.1) is 23.7 Å². The molecule has 20 atom stereocenters. The van der Waals surface area contributed by atoms with Gasteiger partial charge in [-0.15, -0.1) is 0 Å². The van der Waals surface area contributed by atoms with Crippen molar-refractivity contribution in [3.63, 3.8) is 0 Å². The summed E-state index contributed by atoms with van der Waals surface area (Å²) in [5.41, 5.74) is -0.394. The van der Waals surface area contributed by atoms with E-state index in [4.69, 9.17) is 62.8 Å². The van der Waals surface area contributed by atoms with Crippen molar-refractivity contribution in [2.24, 2.45) is 23.7 Å². The molecule has 6 heterocycles. The van der Waals surface area contributed by atoms with E-state index in [0.717, 1.165) is 211 Å². The van der Waals surface area contributed by atoms with Crippen molar-refractivity contribution in [2.75, 3.05) is 52.0 Å². The van der Waals surface area contributed by atoms with Gasteiger partial charge in [-0.1, -0.05) is 166 Å². The van der Waals surface area contributed by atoms with Gasteiger partial charge in [-0.3, -0.25) is 0 Å². The molecule has 25 heteroatoms. The molecule has 6 aliphatic heterocycles. The summed E-state index contributed by atoms with van der Waals surface area (Å²) < 4.78 is 43.7. The van der Waals surface area contributed by atoms with Gasteiger partial charge in [0.15, 0.2) is 12.1 Å². The number of alkyl carbamates (subject to hydrolysis) is 1. The van der Waals surface area contributed by atoms with Crippen LogP contribution in [-0.4, -0.2) is 236 Å². The third-order valence-corrected chi connectivity index (χ3v) is 28.0. The first-order chi connectivity index (χ1) is 66.3. The summed E-state index contributed by atoms with van der Waals surface area (Å²) >= 11 is 2.08. The van der Waals surface area contributed by atoms with E-state index in [1.165, 1.54) is 121 Å². The van der Waals surface area contributed by atoms with E-state index >= 15 is 0 Å². The van der Waals surface area contributed by atoms with Gasteiger partial charge in [0.1, 0.15) is 17.8 Å². The first-order valence-corrected chi connectivity index (χ1v) is 54.3. The second kappa shape index (κ2) is 74.8. The summed E-state index contributed by atoms with van der Waals surface area (Å²) in [5.74, 6) is 5.09. The van der Waals surface area contributed by atoms with Gasteiger partial charge < -0.3 is 93.9 Å². The van der Waals surface area contributed by atoms with Crippen LogP contribution in [0.15, 0.2) is 146 Å². The Kier molecular flexibility index (Phi) is 66.2.